The number of hydrogen-bond donors (Lipinski definition) is 1. The van der Waals surface area contributed by atoms with Gasteiger partial charge in [0, 0.05) is 6.54 Å². The van der Waals surface area contributed by atoms with Crippen molar-refractivity contribution in [3.05, 3.63) is 57.8 Å². The summed E-state index contributed by atoms with van der Waals surface area (Å²) in [6.45, 7) is 2.65. The third-order valence-corrected chi connectivity index (χ3v) is 4.06. The second-order valence-corrected chi connectivity index (χ2v) is 5.52. The number of nitrogens with zero attached hydrogens (tertiary/aromatic N) is 2. The highest BCUT2D eigenvalue weighted by atomic mass is 35.5. The lowest BCUT2D eigenvalue weighted by atomic mass is 10.2. The Labute approximate surface area is 126 Å². The van der Waals surface area contributed by atoms with E-state index in [1.165, 1.54) is 0 Å². The zero-order valence-corrected chi connectivity index (χ0v) is 12.4. The molecule has 0 bridgehead atoms. The SMILES string of the molecule is Cc1nc2c(N)cccc2n1Cc1ccc(Cl)c(Cl)c1. The van der Waals surface area contributed by atoms with Crippen LogP contribution in [0.2, 0.25) is 10.0 Å². The van der Waals surface area contributed by atoms with Gasteiger partial charge in [0.1, 0.15) is 11.3 Å². The molecule has 3 rings (SSSR count). The smallest absolute Gasteiger partial charge is 0.112 e. The number of imidazole rings is 1. The highest BCUT2D eigenvalue weighted by Crippen LogP contribution is 2.26. The molecule has 0 fully saturated rings. The van der Waals surface area contributed by atoms with Crippen LogP contribution in [-0.2, 0) is 6.54 Å². The molecule has 3 nitrogen and oxygen atoms in total. The molecular weight excluding hydrogens is 293 g/mol. The van der Waals surface area contributed by atoms with Gasteiger partial charge in [0.2, 0.25) is 0 Å². The molecule has 0 saturated carbocycles. The van der Waals surface area contributed by atoms with E-state index in [4.69, 9.17) is 28.9 Å². The minimum atomic E-state index is 0.561. The van der Waals surface area contributed by atoms with Gasteiger partial charge in [0.15, 0.2) is 0 Å². The molecule has 0 saturated heterocycles. The molecule has 5 heteroatoms. The number of aromatic nitrogens is 2. The first-order valence-electron chi connectivity index (χ1n) is 6.21. The van der Waals surface area contributed by atoms with Gasteiger partial charge in [-0.1, -0.05) is 35.3 Å². The summed E-state index contributed by atoms with van der Waals surface area (Å²) in [5.41, 5.74) is 9.59. The molecule has 0 spiro atoms. The van der Waals surface area contributed by atoms with Crippen LogP contribution >= 0.6 is 23.2 Å². The summed E-state index contributed by atoms with van der Waals surface area (Å²) in [6, 6.07) is 11.5. The van der Waals surface area contributed by atoms with Crippen LogP contribution in [0.3, 0.4) is 0 Å². The van der Waals surface area contributed by atoms with Crippen molar-refractivity contribution in [2.75, 3.05) is 5.73 Å². The van der Waals surface area contributed by atoms with Crippen LogP contribution in [0.15, 0.2) is 36.4 Å². The Morgan fingerprint density at radius 1 is 1.15 bits per heavy atom. The van der Waals surface area contributed by atoms with Gasteiger partial charge in [0.25, 0.3) is 0 Å². The molecule has 0 unspecified atom stereocenters. The molecule has 1 aromatic heterocycles. The van der Waals surface area contributed by atoms with Gasteiger partial charge >= 0.3 is 0 Å². The van der Waals surface area contributed by atoms with Crippen LogP contribution in [0.25, 0.3) is 11.0 Å². The fourth-order valence-electron chi connectivity index (χ4n) is 2.30. The average Bonchev–Trinajstić information content (AvgIpc) is 2.73. The van der Waals surface area contributed by atoms with Gasteiger partial charge < -0.3 is 10.3 Å². The molecule has 0 aliphatic carbocycles. The van der Waals surface area contributed by atoms with E-state index in [2.05, 4.69) is 9.55 Å². The van der Waals surface area contributed by atoms with Crippen LogP contribution in [0.1, 0.15) is 11.4 Å². The van der Waals surface area contributed by atoms with E-state index < -0.39 is 0 Å². The standard InChI is InChI=1S/C15H13Cl2N3/c1-9-19-15-13(18)3-2-4-14(15)20(9)8-10-5-6-11(16)12(17)7-10/h2-7H,8,18H2,1H3. The van der Waals surface area contributed by atoms with Crippen LogP contribution < -0.4 is 5.73 Å². The number of nitrogens with two attached hydrogens (primary N) is 1. The molecule has 0 amide bonds. The third kappa shape index (κ3) is 2.23. The number of rotatable bonds is 2. The van der Waals surface area contributed by atoms with E-state index in [1.807, 2.05) is 43.3 Å². The van der Waals surface area contributed by atoms with Gasteiger partial charge in [-0.25, -0.2) is 4.98 Å². The Bertz CT molecular complexity index is 793. The first kappa shape index (κ1) is 13.3. The Kier molecular flexibility index (Phi) is 3.32. The van der Waals surface area contributed by atoms with E-state index in [-0.39, 0.29) is 0 Å². The molecule has 3 aromatic rings. The van der Waals surface area contributed by atoms with Gasteiger partial charge in [-0.05, 0) is 36.8 Å². The largest absolute Gasteiger partial charge is 0.397 e. The van der Waals surface area contributed by atoms with E-state index in [0.29, 0.717) is 22.3 Å². The molecule has 0 aliphatic rings. The molecule has 1 heterocycles. The van der Waals surface area contributed by atoms with E-state index in [1.54, 1.807) is 0 Å². The lowest BCUT2D eigenvalue weighted by molar-refractivity contribution is 0.786. The summed E-state index contributed by atoms with van der Waals surface area (Å²) < 4.78 is 2.12. The van der Waals surface area contributed by atoms with Gasteiger partial charge in [-0.15, -0.1) is 0 Å². The van der Waals surface area contributed by atoms with E-state index in [0.717, 1.165) is 22.4 Å². The summed E-state index contributed by atoms with van der Waals surface area (Å²) in [4.78, 5) is 4.53. The molecule has 20 heavy (non-hydrogen) atoms. The average molecular weight is 306 g/mol. The minimum Gasteiger partial charge on any atom is -0.397 e. The van der Waals surface area contributed by atoms with Crippen molar-refractivity contribution >= 4 is 39.9 Å². The molecule has 2 aromatic carbocycles. The van der Waals surface area contributed by atoms with Gasteiger partial charge in [0.05, 0.1) is 21.2 Å². The zero-order chi connectivity index (χ0) is 14.3. The lowest BCUT2D eigenvalue weighted by Crippen LogP contribution is -2.02. The number of fused-ring (bicyclic) bond motifs is 1. The zero-order valence-electron chi connectivity index (χ0n) is 10.9. The number of aryl methyl sites for hydroxylation is 1. The summed E-state index contributed by atoms with van der Waals surface area (Å²) in [6.07, 6.45) is 0. The first-order chi connectivity index (χ1) is 9.56. The molecule has 0 atom stereocenters. The topological polar surface area (TPSA) is 43.8 Å². The van der Waals surface area contributed by atoms with Crippen molar-refractivity contribution in [1.29, 1.82) is 0 Å². The fourth-order valence-corrected chi connectivity index (χ4v) is 2.63. The van der Waals surface area contributed by atoms with Gasteiger partial charge in [-0.2, -0.15) is 0 Å². The number of benzene rings is 2. The van der Waals surface area contributed by atoms with Crippen LogP contribution in [0, 0.1) is 6.92 Å². The highest BCUT2D eigenvalue weighted by molar-refractivity contribution is 6.42. The fraction of sp³-hybridized carbons (Fsp3) is 0.133. The molecule has 102 valence electrons. The van der Waals surface area contributed by atoms with Crippen molar-refractivity contribution in [3.8, 4) is 0 Å². The normalized spacial score (nSPS) is 11.2. The maximum absolute atomic E-state index is 6.06. The van der Waals surface area contributed by atoms with Crippen LogP contribution in [0.4, 0.5) is 5.69 Å². The second kappa shape index (κ2) is 5.00. The lowest BCUT2D eigenvalue weighted by Gasteiger charge is -2.08. The number of nitrogen functional groups attached to an aromatic ring is 1. The number of halogens is 2. The van der Waals surface area contributed by atoms with E-state index >= 15 is 0 Å². The van der Waals surface area contributed by atoms with Crippen molar-refractivity contribution in [2.24, 2.45) is 0 Å². The Morgan fingerprint density at radius 2 is 1.95 bits per heavy atom. The Hall–Kier alpha value is -1.71. The second-order valence-electron chi connectivity index (χ2n) is 4.71. The van der Waals surface area contributed by atoms with Crippen molar-refractivity contribution in [1.82, 2.24) is 9.55 Å². The summed E-state index contributed by atoms with van der Waals surface area (Å²) in [5.74, 6) is 0.920. The molecule has 2 N–H and O–H groups in total. The molecule has 0 radical (unpaired) electrons. The maximum Gasteiger partial charge on any atom is 0.112 e. The van der Waals surface area contributed by atoms with Gasteiger partial charge in [-0.3, -0.25) is 0 Å². The quantitative estimate of drug-likeness (QED) is 0.718. The monoisotopic (exact) mass is 305 g/mol. The summed E-state index contributed by atoms with van der Waals surface area (Å²) in [7, 11) is 0. The van der Waals surface area contributed by atoms with E-state index in [9.17, 15) is 0 Å². The molecule has 0 aliphatic heterocycles. The summed E-state index contributed by atoms with van der Waals surface area (Å²) >= 11 is 12.0. The Balaban J connectivity index is 2.08. The number of anilines is 1. The minimum absolute atomic E-state index is 0.561. The number of hydrogen-bond acceptors (Lipinski definition) is 2. The predicted octanol–water partition coefficient (Wildman–Crippen LogP) is 4.28. The van der Waals surface area contributed by atoms with Crippen LogP contribution in [-0.4, -0.2) is 9.55 Å². The predicted molar refractivity (Wildman–Crippen MR) is 84.4 cm³/mol. The van der Waals surface area contributed by atoms with Crippen molar-refractivity contribution in [3.63, 3.8) is 0 Å². The van der Waals surface area contributed by atoms with Crippen molar-refractivity contribution in [2.45, 2.75) is 13.5 Å². The molecular formula is C15H13Cl2N3. The van der Waals surface area contributed by atoms with Crippen molar-refractivity contribution < 1.29 is 0 Å². The number of para-hydroxylation sites is 1. The first-order valence-corrected chi connectivity index (χ1v) is 6.97. The summed E-state index contributed by atoms with van der Waals surface area (Å²) in [5, 5.41) is 1.12. The maximum atomic E-state index is 6.06. The van der Waals surface area contributed by atoms with Crippen LogP contribution in [0.5, 0.6) is 0 Å². The highest BCUT2D eigenvalue weighted by Gasteiger charge is 2.10. The third-order valence-electron chi connectivity index (χ3n) is 3.33. The Morgan fingerprint density at radius 3 is 2.70 bits per heavy atom.